The van der Waals surface area contributed by atoms with Gasteiger partial charge in [0.1, 0.15) is 11.1 Å². The fraction of sp³-hybridized carbons (Fsp3) is 0.435. The van der Waals surface area contributed by atoms with E-state index in [9.17, 15) is 4.79 Å². The summed E-state index contributed by atoms with van der Waals surface area (Å²) in [6, 6.07) is 15.9. The third-order valence-electron chi connectivity index (χ3n) is 4.91. The highest BCUT2D eigenvalue weighted by Crippen LogP contribution is 2.40. The molecule has 0 radical (unpaired) electrons. The highest BCUT2D eigenvalue weighted by Gasteiger charge is 2.32. The molecule has 2 aromatic rings. The minimum Gasteiger partial charge on any atom is -0.497 e. The number of ether oxygens (including phenoxy) is 1. The van der Waals surface area contributed by atoms with Crippen LogP contribution >= 0.6 is 23.4 Å². The normalized spacial score (nSPS) is 16.6. The van der Waals surface area contributed by atoms with Gasteiger partial charge in [-0.15, -0.1) is 11.8 Å². The summed E-state index contributed by atoms with van der Waals surface area (Å²) in [4.78, 5) is 17.5. The third kappa shape index (κ3) is 5.91. The van der Waals surface area contributed by atoms with Gasteiger partial charge in [-0.25, -0.2) is 0 Å². The molecule has 1 heterocycles. The Kier molecular flexibility index (Phi) is 7.87. The van der Waals surface area contributed by atoms with E-state index in [1.54, 1.807) is 18.9 Å². The average molecular weight is 433 g/mol. The van der Waals surface area contributed by atoms with Crippen LogP contribution < -0.4 is 4.74 Å². The average Bonchev–Trinajstić information content (AvgIpc) is 3.17. The second kappa shape index (κ2) is 10.4. The molecule has 1 amide bonds. The van der Waals surface area contributed by atoms with Crippen molar-refractivity contribution in [1.82, 2.24) is 9.80 Å². The van der Waals surface area contributed by atoms with Crippen molar-refractivity contribution < 1.29 is 9.53 Å². The molecule has 0 spiro atoms. The number of carbonyl (C=O) groups is 1. The van der Waals surface area contributed by atoms with E-state index < -0.39 is 0 Å². The number of hydrogen-bond donors (Lipinski definition) is 0. The predicted octanol–water partition coefficient (Wildman–Crippen LogP) is 5.08. The smallest absolute Gasteiger partial charge is 0.237 e. The summed E-state index contributed by atoms with van der Waals surface area (Å²) in [6.45, 7) is 7.10. The van der Waals surface area contributed by atoms with Crippen LogP contribution in [-0.4, -0.2) is 48.2 Å². The topological polar surface area (TPSA) is 32.8 Å². The summed E-state index contributed by atoms with van der Waals surface area (Å²) in [6.07, 6.45) is 0. The Balaban J connectivity index is 1.72. The van der Waals surface area contributed by atoms with E-state index in [-0.39, 0.29) is 11.3 Å². The Morgan fingerprint density at radius 2 is 2.07 bits per heavy atom. The Morgan fingerprint density at radius 3 is 2.79 bits per heavy atom. The molecule has 0 aliphatic carbocycles. The van der Waals surface area contributed by atoms with Crippen molar-refractivity contribution >= 4 is 29.3 Å². The van der Waals surface area contributed by atoms with Crippen LogP contribution in [0.25, 0.3) is 0 Å². The molecule has 0 bridgehead atoms. The largest absolute Gasteiger partial charge is 0.497 e. The Morgan fingerprint density at radius 1 is 1.28 bits per heavy atom. The van der Waals surface area contributed by atoms with E-state index in [1.807, 2.05) is 47.4 Å². The SMILES string of the molecule is COc1cccc(CN(CC(=O)N2CCS[C@@H]2c2ccccc2Cl)CC(C)C)c1. The van der Waals surface area contributed by atoms with Gasteiger partial charge in [0.2, 0.25) is 5.91 Å². The van der Waals surface area contributed by atoms with Gasteiger partial charge in [0.15, 0.2) is 0 Å². The molecule has 1 aliphatic heterocycles. The van der Waals surface area contributed by atoms with Crippen LogP contribution in [0.15, 0.2) is 48.5 Å². The molecule has 0 N–H and O–H groups in total. The van der Waals surface area contributed by atoms with Gasteiger partial charge in [-0.2, -0.15) is 0 Å². The molecule has 3 rings (SSSR count). The Labute approximate surface area is 183 Å². The molecular weight excluding hydrogens is 404 g/mol. The van der Waals surface area contributed by atoms with Crippen molar-refractivity contribution in [1.29, 1.82) is 0 Å². The van der Waals surface area contributed by atoms with Gasteiger partial charge in [0.05, 0.1) is 13.7 Å². The van der Waals surface area contributed by atoms with Crippen molar-refractivity contribution in [3.8, 4) is 5.75 Å². The Bertz CT molecular complexity index is 830. The zero-order valence-electron chi connectivity index (χ0n) is 17.3. The lowest BCUT2D eigenvalue weighted by molar-refractivity contribution is -0.132. The standard InChI is InChI=1S/C23H29ClN2O2S/c1-17(2)14-25(15-18-7-6-8-19(13-18)28-3)16-22(27)26-11-12-29-23(26)20-9-4-5-10-21(20)24/h4-10,13,17,23H,11-12,14-16H2,1-3H3/t23-/m1/s1. The summed E-state index contributed by atoms with van der Waals surface area (Å²) >= 11 is 8.19. The maximum Gasteiger partial charge on any atom is 0.237 e. The number of methoxy groups -OCH3 is 1. The van der Waals surface area contributed by atoms with Gasteiger partial charge in [-0.3, -0.25) is 9.69 Å². The predicted molar refractivity (Wildman–Crippen MR) is 121 cm³/mol. The van der Waals surface area contributed by atoms with Crippen molar-refractivity contribution in [2.75, 3.05) is 32.5 Å². The maximum absolute atomic E-state index is 13.2. The molecule has 156 valence electrons. The molecule has 1 saturated heterocycles. The van der Waals surface area contributed by atoms with Crippen molar-refractivity contribution in [2.24, 2.45) is 5.92 Å². The first-order chi connectivity index (χ1) is 14.0. The third-order valence-corrected chi connectivity index (χ3v) is 6.49. The van der Waals surface area contributed by atoms with Crippen LogP contribution in [0.2, 0.25) is 5.02 Å². The fourth-order valence-corrected chi connectivity index (χ4v) is 5.29. The molecule has 6 heteroatoms. The van der Waals surface area contributed by atoms with Crippen molar-refractivity contribution in [3.05, 3.63) is 64.7 Å². The minimum absolute atomic E-state index is 0.00563. The molecule has 0 unspecified atom stereocenters. The minimum atomic E-state index is -0.00563. The first-order valence-electron chi connectivity index (χ1n) is 9.98. The van der Waals surface area contributed by atoms with Gasteiger partial charge in [-0.1, -0.05) is 55.8 Å². The summed E-state index contributed by atoms with van der Waals surface area (Å²) in [5.74, 6) is 2.40. The van der Waals surface area contributed by atoms with Gasteiger partial charge in [0.25, 0.3) is 0 Å². The van der Waals surface area contributed by atoms with Crippen molar-refractivity contribution in [3.63, 3.8) is 0 Å². The van der Waals surface area contributed by atoms with Crippen LogP contribution in [0.4, 0.5) is 0 Å². The van der Waals surface area contributed by atoms with E-state index in [4.69, 9.17) is 16.3 Å². The highest BCUT2D eigenvalue weighted by molar-refractivity contribution is 7.99. The Hall–Kier alpha value is -1.69. The molecular formula is C23H29ClN2O2S. The first-order valence-corrected chi connectivity index (χ1v) is 11.4. The number of carbonyl (C=O) groups excluding carboxylic acids is 1. The highest BCUT2D eigenvalue weighted by atomic mass is 35.5. The zero-order chi connectivity index (χ0) is 20.8. The summed E-state index contributed by atoms with van der Waals surface area (Å²) in [5.41, 5.74) is 2.17. The quantitative estimate of drug-likeness (QED) is 0.582. The number of hydrogen-bond acceptors (Lipinski definition) is 4. The van der Waals surface area contributed by atoms with Gasteiger partial charge >= 0.3 is 0 Å². The van der Waals surface area contributed by atoms with Crippen LogP contribution in [-0.2, 0) is 11.3 Å². The molecule has 1 fully saturated rings. The molecule has 1 aliphatic rings. The van der Waals surface area contributed by atoms with E-state index in [0.717, 1.165) is 47.3 Å². The fourth-order valence-electron chi connectivity index (χ4n) is 3.67. The monoisotopic (exact) mass is 432 g/mol. The van der Waals surface area contributed by atoms with E-state index >= 15 is 0 Å². The zero-order valence-corrected chi connectivity index (χ0v) is 18.9. The van der Waals surface area contributed by atoms with Gasteiger partial charge in [0, 0.05) is 36.0 Å². The van der Waals surface area contributed by atoms with Crippen LogP contribution in [0.1, 0.15) is 30.3 Å². The number of benzene rings is 2. The van der Waals surface area contributed by atoms with Gasteiger partial charge in [-0.05, 0) is 29.7 Å². The lowest BCUT2D eigenvalue weighted by Crippen LogP contribution is -2.41. The number of rotatable bonds is 8. The van der Waals surface area contributed by atoms with E-state index in [1.165, 1.54) is 0 Å². The number of halogens is 1. The second-order valence-electron chi connectivity index (χ2n) is 7.75. The summed E-state index contributed by atoms with van der Waals surface area (Å²) in [5, 5.41) is 0.717. The maximum atomic E-state index is 13.2. The van der Waals surface area contributed by atoms with E-state index in [0.29, 0.717) is 12.5 Å². The first kappa shape index (κ1) is 22.0. The summed E-state index contributed by atoms with van der Waals surface area (Å²) < 4.78 is 5.35. The molecule has 1 atom stereocenters. The molecule has 4 nitrogen and oxygen atoms in total. The number of thioether (sulfide) groups is 1. The van der Waals surface area contributed by atoms with Crippen LogP contribution in [0.3, 0.4) is 0 Å². The second-order valence-corrected chi connectivity index (χ2v) is 9.34. The van der Waals surface area contributed by atoms with Gasteiger partial charge < -0.3 is 9.64 Å². The molecule has 0 aromatic heterocycles. The molecule has 29 heavy (non-hydrogen) atoms. The summed E-state index contributed by atoms with van der Waals surface area (Å²) in [7, 11) is 1.68. The lowest BCUT2D eigenvalue weighted by atomic mass is 10.1. The number of nitrogens with zero attached hydrogens (tertiary/aromatic N) is 2. The lowest BCUT2D eigenvalue weighted by Gasteiger charge is -2.29. The van der Waals surface area contributed by atoms with Crippen molar-refractivity contribution in [2.45, 2.75) is 25.8 Å². The molecule has 0 saturated carbocycles. The van der Waals surface area contributed by atoms with Crippen LogP contribution in [0.5, 0.6) is 5.75 Å². The van der Waals surface area contributed by atoms with Crippen LogP contribution in [0, 0.1) is 5.92 Å². The molecule has 2 aromatic carbocycles. The van der Waals surface area contributed by atoms with E-state index in [2.05, 4.69) is 24.8 Å². The number of amides is 1.